The molecule has 3 unspecified atom stereocenters. The smallest absolute Gasteiger partial charge is 0.0569 e. The molecule has 1 fully saturated rings. The van der Waals surface area contributed by atoms with E-state index in [-0.39, 0.29) is 12.1 Å². The lowest BCUT2D eigenvalue weighted by Crippen LogP contribution is -2.43. The molecule has 60 valence electrons. The van der Waals surface area contributed by atoms with Gasteiger partial charge in [0.25, 0.3) is 0 Å². The van der Waals surface area contributed by atoms with E-state index in [1.54, 1.807) is 0 Å². The molecule has 1 aliphatic rings. The average molecular weight is 144 g/mol. The van der Waals surface area contributed by atoms with Gasteiger partial charge in [0.2, 0.25) is 0 Å². The van der Waals surface area contributed by atoms with Crippen molar-refractivity contribution in [1.82, 2.24) is 5.32 Å². The largest absolute Gasteiger partial charge is 0.393 e. The van der Waals surface area contributed by atoms with Gasteiger partial charge in [0, 0.05) is 12.1 Å². The van der Waals surface area contributed by atoms with Crippen LogP contribution in [0.15, 0.2) is 0 Å². The zero-order valence-electron chi connectivity index (χ0n) is 6.38. The van der Waals surface area contributed by atoms with Gasteiger partial charge in [-0.25, -0.2) is 0 Å². The Morgan fingerprint density at radius 1 is 1.40 bits per heavy atom. The fourth-order valence-electron chi connectivity index (χ4n) is 1.57. The fourth-order valence-corrected chi connectivity index (χ4v) is 1.57. The number of hydrogen-bond donors (Lipinski definition) is 3. The Balaban J connectivity index is 2.35. The molecule has 0 bridgehead atoms. The molecule has 1 aliphatic carbocycles. The fraction of sp³-hybridized carbons (Fsp3) is 1.00. The van der Waals surface area contributed by atoms with Gasteiger partial charge in [-0.05, 0) is 26.3 Å². The van der Waals surface area contributed by atoms with Crippen LogP contribution in [0.3, 0.4) is 0 Å². The Morgan fingerprint density at radius 3 is 2.60 bits per heavy atom. The molecule has 0 radical (unpaired) electrons. The van der Waals surface area contributed by atoms with E-state index in [9.17, 15) is 5.11 Å². The topological polar surface area (TPSA) is 58.3 Å². The molecule has 3 heteroatoms. The Kier molecular flexibility index (Phi) is 2.65. The highest BCUT2D eigenvalue weighted by Gasteiger charge is 2.23. The maximum absolute atomic E-state index is 9.26. The summed E-state index contributed by atoms with van der Waals surface area (Å²) in [6, 6.07) is 0.597. The predicted octanol–water partition coefficient (Wildman–Crippen LogP) is -0.553. The Morgan fingerprint density at radius 2 is 2.10 bits per heavy atom. The van der Waals surface area contributed by atoms with Gasteiger partial charge in [-0.2, -0.15) is 0 Å². The van der Waals surface area contributed by atoms with Crippen LogP contribution in [0, 0.1) is 0 Å². The number of nitrogens with one attached hydrogen (secondary N) is 1. The van der Waals surface area contributed by atoms with Crippen LogP contribution in [0.1, 0.15) is 19.3 Å². The van der Waals surface area contributed by atoms with E-state index in [2.05, 4.69) is 5.32 Å². The van der Waals surface area contributed by atoms with Crippen LogP contribution in [0.2, 0.25) is 0 Å². The minimum atomic E-state index is -0.193. The molecule has 3 nitrogen and oxygen atoms in total. The molecule has 0 saturated heterocycles. The monoisotopic (exact) mass is 144 g/mol. The molecule has 0 spiro atoms. The lowest BCUT2D eigenvalue weighted by molar-refractivity contribution is 0.104. The van der Waals surface area contributed by atoms with Gasteiger partial charge in [0.05, 0.1) is 6.10 Å². The Hall–Kier alpha value is -0.120. The normalized spacial score (nSPS) is 41.7. The third kappa shape index (κ3) is 1.94. The summed E-state index contributed by atoms with van der Waals surface area (Å²) in [5, 5.41) is 12.4. The highest BCUT2D eigenvalue weighted by atomic mass is 16.3. The standard InChI is InChI=1S/C7H16N2O/c1-9-6-2-5(8)3-7(10)4-6/h5-7,9-10H,2-4,8H2,1H3. The van der Waals surface area contributed by atoms with Gasteiger partial charge in [0.15, 0.2) is 0 Å². The predicted molar refractivity (Wildman–Crippen MR) is 40.7 cm³/mol. The molecule has 0 aromatic heterocycles. The molecule has 0 aromatic rings. The number of aliphatic hydroxyl groups excluding tert-OH is 1. The lowest BCUT2D eigenvalue weighted by Gasteiger charge is -2.29. The second kappa shape index (κ2) is 3.32. The van der Waals surface area contributed by atoms with Gasteiger partial charge >= 0.3 is 0 Å². The second-order valence-electron chi connectivity index (χ2n) is 3.11. The quantitative estimate of drug-likeness (QED) is 0.462. The van der Waals surface area contributed by atoms with E-state index in [0.29, 0.717) is 6.04 Å². The van der Waals surface area contributed by atoms with Crippen LogP contribution in [0.25, 0.3) is 0 Å². The van der Waals surface area contributed by atoms with Gasteiger partial charge in [0.1, 0.15) is 0 Å². The molecular formula is C7H16N2O. The molecule has 0 aliphatic heterocycles. The van der Waals surface area contributed by atoms with E-state index < -0.39 is 0 Å². The zero-order chi connectivity index (χ0) is 7.56. The first-order chi connectivity index (χ1) is 4.72. The number of rotatable bonds is 1. The Labute approximate surface area is 61.6 Å². The molecule has 4 N–H and O–H groups in total. The first-order valence-corrected chi connectivity index (χ1v) is 3.83. The van der Waals surface area contributed by atoms with Crippen molar-refractivity contribution in [3.8, 4) is 0 Å². The van der Waals surface area contributed by atoms with Gasteiger partial charge in [-0.15, -0.1) is 0 Å². The van der Waals surface area contributed by atoms with Crippen LogP contribution in [-0.2, 0) is 0 Å². The number of aliphatic hydroxyl groups is 1. The minimum absolute atomic E-state index is 0.182. The summed E-state index contributed by atoms with van der Waals surface area (Å²) in [5.74, 6) is 0. The average Bonchev–Trinajstić information content (AvgIpc) is 1.85. The molecule has 0 heterocycles. The summed E-state index contributed by atoms with van der Waals surface area (Å²) in [4.78, 5) is 0. The third-order valence-corrected chi connectivity index (χ3v) is 2.13. The van der Waals surface area contributed by atoms with Crippen molar-refractivity contribution in [3.63, 3.8) is 0 Å². The SMILES string of the molecule is CNC1CC(N)CC(O)C1. The van der Waals surface area contributed by atoms with Crippen LogP contribution < -0.4 is 11.1 Å². The zero-order valence-corrected chi connectivity index (χ0v) is 6.38. The first-order valence-electron chi connectivity index (χ1n) is 3.83. The molecule has 3 atom stereocenters. The van der Waals surface area contributed by atoms with Crippen LogP contribution in [0.4, 0.5) is 0 Å². The molecular weight excluding hydrogens is 128 g/mol. The summed E-state index contributed by atoms with van der Waals surface area (Å²) < 4.78 is 0. The highest BCUT2D eigenvalue weighted by molar-refractivity contribution is 4.83. The lowest BCUT2D eigenvalue weighted by atomic mass is 9.89. The summed E-state index contributed by atoms with van der Waals surface area (Å²) >= 11 is 0. The van der Waals surface area contributed by atoms with Crippen molar-refractivity contribution in [1.29, 1.82) is 0 Å². The van der Waals surface area contributed by atoms with Gasteiger partial charge < -0.3 is 16.2 Å². The van der Waals surface area contributed by atoms with E-state index in [1.165, 1.54) is 0 Å². The van der Waals surface area contributed by atoms with Crippen molar-refractivity contribution in [2.75, 3.05) is 7.05 Å². The summed E-state index contributed by atoms with van der Waals surface area (Å²) in [5.41, 5.74) is 5.69. The first kappa shape index (κ1) is 7.98. The minimum Gasteiger partial charge on any atom is -0.393 e. The third-order valence-electron chi connectivity index (χ3n) is 2.13. The molecule has 10 heavy (non-hydrogen) atoms. The van der Waals surface area contributed by atoms with E-state index in [1.807, 2.05) is 7.05 Å². The van der Waals surface area contributed by atoms with Crippen molar-refractivity contribution in [2.24, 2.45) is 5.73 Å². The Bertz CT molecular complexity index is 97.8. The van der Waals surface area contributed by atoms with Crippen LogP contribution in [-0.4, -0.2) is 30.3 Å². The molecule has 1 rings (SSSR count). The van der Waals surface area contributed by atoms with E-state index >= 15 is 0 Å². The van der Waals surface area contributed by atoms with Gasteiger partial charge in [-0.3, -0.25) is 0 Å². The van der Waals surface area contributed by atoms with E-state index in [0.717, 1.165) is 19.3 Å². The van der Waals surface area contributed by atoms with Crippen molar-refractivity contribution >= 4 is 0 Å². The van der Waals surface area contributed by atoms with E-state index in [4.69, 9.17) is 5.73 Å². The molecule has 1 saturated carbocycles. The number of hydrogen-bond acceptors (Lipinski definition) is 3. The molecule has 0 aromatic carbocycles. The van der Waals surface area contributed by atoms with Crippen LogP contribution in [0.5, 0.6) is 0 Å². The molecule has 0 amide bonds. The summed E-state index contributed by atoms with van der Waals surface area (Å²) in [7, 11) is 1.91. The van der Waals surface area contributed by atoms with Crippen LogP contribution >= 0.6 is 0 Å². The van der Waals surface area contributed by atoms with Crippen molar-refractivity contribution in [3.05, 3.63) is 0 Å². The van der Waals surface area contributed by atoms with Gasteiger partial charge in [-0.1, -0.05) is 0 Å². The number of nitrogens with two attached hydrogens (primary N) is 1. The maximum atomic E-state index is 9.26. The van der Waals surface area contributed by atoms with Crippen molar-refractivity contribution < 1.29 is 5.11 Å². The maximum Gasteiger partial charge on any atom is 0.0569 e. The van der Waals surface area contributed by atoms with Crippen molar-refractivity contribution in [2.45, 2.75) is 37.5 Å². The highest BCUT2D eigenvalue weighted by Crippen LogP contribution is 2.16. The summed E-state index contributed by atoms with van der Waals surface area (Å²) in [6.45, 7) is 0. The second-order valence-corrected chi connectivity index (χ2v) is 3.11. The summed E-state index contributed by atoms with van der Waals surface area (Å²) in [6.07, 6.45) is 2.41.